The van der Waals surface area contributed by atoms with Gasteiger partial charge in [-0.15, -0.1) is 0 Å². The van der Waals surface area contributed by atoms with E-state index in [0.717, 1.165) is 0 Å². The van der Waals surface area contributed by atoms with E-state index in [9.17, 15) is 14.4 Å². The Labute approximate surface area is 107 Å². The van der Waals surface area contributed by atoms with Crippen molar-refractivity contribution in [2.45, 2.75) is 39.0 Å². The summed E-state index contributed by atoms with van der Waals surface area (Å²) in [7, 11) is 2.50. The SMILES string of the molecule is CCC(C(=O)OC)(C(=O)OC)C1CCCC(=O)C1. The van der Waals surface area contributed by atoms with Crippen LogP contribution in [-0.4, -0.2) is 31.9 Å². The van der Waals surface area contributed by atoms with Crippen molar-refractivity contribution in [2.24, 2.45) is 11.3 Å². The van der Waals surface area contributed by atoms with E-state index in [1.54, 1.807) is 6.92 Å². The Hall–Kier alpha value is -1.39. The fraction of sp³-hybridized carbons (Fsp3) is 0.769. The van der Waals surface area contributed by atoms with Crippen molar-refractivity contribution >= 4 is 17.7 Å². The molecule has 0 aromatic rings. The summed E-state index contributed by atoms with van der Waals surface area (Å²) in [5.41, 5.74) is -1.33. The summed E-state index contributed by atoms with van der Waals surface area (Å²) in [5, 5.41) is 0. The minimum atomic E-state index is -1.33. The van der Waals surface area contributed by atoms with Gasteiger partial charge in [-0.2, -0.15) is 0 Å². The predicted molar refractivity (Wildman–Crippen MR) is 63.7 cm³/mol. The van der Waals surface area contributed by atoms with Crippen molar-refractivity contribution < 1.29 is 23.9 Å². The highest BCUT2D eigenvalue weighted by molar-refractivity contribution is 6.01. The van der Waals surface area contributed by atoms with E-state index in [0.29, 0.717) is 19.3 Å². The quantitative estimate of drug-likeness (QED) is 0.563. The summed E-state index contributed by atoms with van der Waals surface area (Å²) in [6.45, 7) is 1.74. The third-order valence-electron chi connectivity index (χ3n) is 3.84. The fourth-order valence-corrected chi connectivity index (χ4v) is 2.80. The number of ketones is 1. The summed E-state index contributed by atoms with van der Waals surface area (Å²) in [4.78, 5) is 35.6. The molecule has 1 aliphatic carbocycles. The first-order valence-corrected chi connectivity index (χ1v) is 6.21. The van der Waals surface area contributed by atoms with Crippen molar-refractivity contribution in [1.29, 1.82) is 0 Å². The number of ether oxygens (including phenoxy) is 2. The van der Waals surface area contributed by atoms with Gasteiger partial charge in [0.15, 0.2) is 5.41 Å². The molecule has 1 unspecified atom stereocenters. The van der Waals surface area contributed by atoms with Gasteiger partial charge in [0.25, 0.3) is 0 Å². The molecular weight excluding hydrogens is 236 g/mol. The van der Waals surface area contributed by atoms with Crippen molar-refractivity contribution in [1.82, 2.24) is 0 Å². The van der Waals surface area contributed by atoms with Crippen LogP contribution in [0.15, 0.2) is 0 Å². The van der Waals surface area contributed by atoms with Gasteiger partial charge >= 0.3 is 11.9 Å². The Balaban J connectivity index is 3.12. The lowest BCUT2D eigenvalue weighted by atomic mass is 9.66. The van der Waals surface area contributed by atoms with Gasteiger partial charge in [0.2, 0.25) is 0 Å². The lowest BCUT2D eigenvalue weighted by Crippen LogP contribution is -2.48. The maximum atomic E-state index is 12.0. The van der Waals surface area contributed by atoms with Gasteiger partial charge in [0, 0.05) is 12.8 Å². The molecule has 0 N–H and O–H groups in total. The molecule has 1 fully saturated rings. The highest BCUT2D eigenvalue weighted by atomic mass is 16.5. The van der Waals surface area contributed by atoms with E-state index < -0.39 is 17.4 Å². The lowest BCUT2D eigenvalue weighted by molar-refractivity contribution is -0.175. The zero-order valence-electron chi connectivity index (χ0n) is 11.2. The maximum absolute atomic E-state index is 12.0. The van der Waals surface area contributed by atoms with E-state index >= 15 is 0 Å². The summed E-state index contributed by atoms with van der Waals surface area (Å²) in [6, 6.07) is 0. The summed E-state index contributed by atoms with van der Waals surface area (Å²) < 4.78 is 9.53. The molecule has 1 atom stereocenters. The van der Waals surface area contributed by atoms with Crippen LogP contribution in [0.25, 0.3) is 0 Å². The first kappa shape index (κ1) is 14.7. The molecule has 0 aromatic carbocycles. The standard InChI is InChI=1S/C13H20O5/c1-4-13(11(15)17-2,12(16)18-3)9-6-5-7-10(14)8-9/h9H,4-8H2,1-3H3. The van der Waals surface area contributed by atoms with E-state index in [1.165, 1.54) is 14.2 Å². The molecule has 0 aliphatic heterocycles. The summed E-state index contributed by atoms with van der Waals surface area (Å²) >= 11 is 0. The van der Waals surface area contributed by atoms with Crippen LogP contribution in [0.1, 0.15) is 39.0 Å². The average Bonchev–Trinajstić information content (AvgIpc) is 2.39. The molecule has 0 amide bonds. The van der Waals surface area contributed by atoms with E-state index in [1.807, 2.05) is 0 Å². The van der Waals surface area contributed by atoms with E-state index in [-0.39, 0.29) is 24.5 Å². The highest BCUT2D eigenvalue weighted by Crippen LogP contribution is 2.42. The number of hydrogen-bond donors (Lipinski definition) is 0. The van der Waals surface area contributed by atoms with E-state index in [2.05, 4.69) is 0 Å². The number of carbonyl (C=O) groups is 3. The van der Waals surface area contributed by atoms with E-state index in [4.69, 9.17) is 9.47 Å². The number of carbonyl (C=O) groups excluding carboxylic acids is 3. The molecule has 1 saturated carbocycles. The van der Waals surface area contributed by atoms with Gasteiger partial charge in [-0.25, -0.2) is 0 Å². The maximum Gasteiger partial charge on any atom is 0.323 e. The second-order valence-corrected chi connectivity index (χ2v) is 4.64. The van der Waals surface area contributed by atoms with Crippen LogP contribution in [0.5, 0.6) is 0 Å². The van der Waals surface area contributed by atoms with Crippen molar-refractivity contribution in [3.05, 3.63) is 0 Å². The number of hydrogen-bond acceptors (Lipinski definition) is 5. The van der Waals surface area contributed by atoms with Gasteiger partial charge in [-0.1, -0.05) is 6.92 Å². The molecule has 5 heteroatoms. The normalized spacial score (nSPS) is 20.4. The number of Topliss-reactive ketones (excluding diaryl/α,β-unsaturated/α-hetero) is 1. The molecule has 0 bridgehead atoms. The van der Waals surface area contributed by atoms with Crippen LogP contribution in [-0.2, 0) is 23.9 Å². The van der Waals surface area contributed by atoms with Gasteiger partial charge in [0.1, 0.15) is 5.78 Å². The van der Waals surface area contributed by atoms with Crippen LogP contribution in [0, 0.1) is 11.3 Å². The molecule has 5 nitrogen and oxygen atoms in total. The Morgan fingerprint density at radius 2 is 1.83 bits per heavy atom. The van der Waals surface area contributed by atoms with Crippen LogP contribution >= 0.6 is 0 Å². The summed E-state index contributed by atoms with van der Waals surface area (Å²) in [5.74, 6) is -1.42. The van der Waals surface area contributed by atoms with Gasteiger partial charge in [-0.05, 0) is 25.2 Å². The van der Waals surface area contributed by atoms with Crippen molar-refractivity contribution in [2.75, 3.05) is 14.2 Å². The Bertz CT molecular complexity index is 331. The minimum Gasteiger partial charge on any atom is -0.468 e. The van der Waals surface area contributed by atoms with Gasteiger partial charge < -0.3 is 9.47 Å². The lowest BCUT2D eigenvalue weighted by Gasteiger charge is -2.36. The van der Waals surface area contributed by atoms with Crippen LogP contribution in [0.4, 0.5) is 0 Å². The zero-order chi connectivity index (χ0) is 13.8. The minimum absolute atomic E-state index is 0.0943. The van der Waals surface area contributed by atoms with Crippen LogP contribution in [0.3, 0.4) is 0 Å². The molecule has 102 valence electrons. The first-order chi connectivity index (χ1) is 8.52. The Kier molecular flexibility index (Phi) is 4.87. The topological polar surface area (TPSA) is 69.7 Å². The molecule has 18 heavy (non-hydrogen) atoms. The number of esters is 2. The van der Waals surface area contributed by atoms with Crippen LogP contribution in [0.2, 0.25) is 0 Å². The van der Waals surface area contributed by atoms with Gasteiger partial charge in [0.05, 0.1) is 14.2 Å². The smallest absolute Gasteiger partial charge is 0.323 e. The molecule has 0 heterocycles. The average molecular weight is 256 g/mol. The molecule has 0 saturated heterocycles. The van der Waals surface area contributed by atoms with Crippen molar-refractivity contribution in [3.8, 4) is 0 Å². The molecule has 1 aliphatic rings. The first-order valence-electron chi connectivity index (χ1n) is 6.21. The summed E-state index contributed by atoms with van der Waals surface area (Å²) in [6.07, 6.45) is 2.43. The molecule has 0 radical (unpaired) electrons. The third-order valence-corrected chi connectivity index (χ3v) is 3.84. The third kappa shape index (κ3) is 2.40. The number of rotatable bonds is 4. The Morgan fingerprint density at radius 3 is 2.22 bits per heavy atom. The second-order valence-electron chi connectivity index (χ2n) is 4.64. The number of methoxy groups -OCH3 is 2. The highest BCUT2D eigenvalue weighted by Gasteiger charge is 2.53. The second kappa shape index (κ2) is 5.98. The Morgan fingerprint density at radius 1 is 1.28 bits per heavy atom. The fourth-order valence-electron chi connectivity index (χ4n) is 2.80. The van der Waals surface area contributed by atoms with Crippen molar-refractivity contribution in [3.63, 3.8) is 0 Å². The molecular formula is C13H20O5. The zero-order valence-corrected chi connectivity index (χ0v) is 11.2. The van der Waals surface area contributed by atoms with Gasteiger partial charge in [-0.3, -0.25) is 14.4 Å². The molecule has 1 rings (SSSR count). The van der Waals surface area contributed by atoms with Crippen LogP contribution < -0.4 is 0 Å². The molecule has 0 spiro atoms. The monoisotopic (exact) mass is 256 g/mol. The largest absolute Gasteiger partial charge is 0.468 e. The molecule has 0 aromatic heterocycles. The predicted octanol–water partition coefficient (Wildman–Crippen LogP) is 1.49.